The minimum Gasteiger partial charge on any atom is -0.258 e. The van der Waals surface area contributed by atoms with Gasteiger partial charge in [0.1, 0.15) is 5.82 Å². The SMILES string of the molecule is CCc1cc(F)ccc1N=C(C)C. The lowest BCUT2D eigenvalue weighted by atomic mass is 10.1. The lowest BCUT2D eigenvalue weighted by Crippen LogP contribution is -1.86. The molecular weight excluding hydrogens is 165 g/mol. The zero-order valence-electron chi connectivity index (χ0n) is 8.26. The molecule has 0 radical (unpaired) electrons. The molecule has 0 N–H and O–H groups in total. The summed E-state index contributed by atoms with van der Waals surface area (Å²) in [7, 11) is 0. The Balaban J connectivity index is 3.14. The van der Waals surface area contributed by atoms with E-state index in [1.165, 1.54) is 6.07 Å². The monoisotopic (exact) mass is 179 g/mol. The summed E-state index contributed by atoms with van der Waals surface area (Å²) in [6.45, 7) is 5.87. The van der Waals surface area contributed by atoms with Crippen LogP contribution in [0.3, 0.4) is 0 Å². The average Bonchev–Trinajstić information content (AvgIpc) is 2.07. The molecule has 0 aliphatic rings. The normalized spacial score (nSPS) is 9.85. The molecule has 0 heterocycles. The van der Waals surface area contributed by atoms with Gasteiger partial charge in [0.05, 0.1) is 5.69 Å². The number of rotatable bonds is 2. The van der Waals surface area contributed by atoms with Crippen LogP contribution in [0.5, 0.6) is 0 Å². The van der Waals surface area contributed by atoms with Crippen LogP contribution in [0.4, 0.5) is 10.1 Å². The minimum absolute atomic E-state index is 0.190. The van der Waals surface area contributed by atoms with Gasteiger partial charge in [-0.1, -0.05) is 6.92 Å². The standard InChI is InChI=1S/C11H14FN/c1-4-9-7-10(12)5-6-11(9)13-8(2)3/h5-7H,4H2,1-3H3. The van der Waals surface area contributed by atoms with Crippen LogP contribution in [0.25, 0.3) is 0 Å². The summed E-state index contributed by atoms with van der Waals surface area (Å²) in [6.07, 6.45) is 0.809. The van der Waals surface area contributed by atoms with Crippen LogP contribution >= 0.6 is 0 Å². The van der Waals surface area contributed by atoms with E-state index >= 15 is 0 Å². The molecule has 0 bridgehead atoms. The third kappa shape index (κ3) is 2.65. The first-order chi connectivity index (χ1) is 6.13. The Morgan fingerprint density at radius 1 is 1.38 bits per heavy atom. The molecule has 1 rings (SSSR count). The van der Waals surface area contributed by atoms with Crippen LogP contribution in [0.15, 0.2) is 23.2 Å². The molecule has 0 spiro atoms. The third-order valence-corrected chi connectivity index (χ3v) is 1.77. The number of nitrogens with zero attached hydrogens (tertiary/aromatic N) is 1. The van der Waals surface area contributed by atoms with Crippen molar-refractivity contribution in [1.82, 2.24) is 0 Å². The number of aliphatic imine (C=N–C) groups is 1. The largest absolute Gasteiger partial charge is 0.258 e. The molecule has 2 heteroatoms. The highest BCUT2D eigenvalue weighted by Crippen LogP contribution is 2.20. The molecule has 0 atom stereocenters. The second-order valence-corrected chi connectivity index (χ2v) is 3.19. The van der Waals surface area contributed by atoms with E-state index in [-0.39, 0.29) is 5.82 Å². The lowest BCUT2D eigenvalue weighted by molar-refractivity contribution is 0.626. The van der Waals surface area contributed by atoms with Crippen molar-refractivity contribution >= 4 is 11.4 Å². The topological polar surface area (TPSA) is 12.4 Å². The lowest BCUT2D eigenvalue weighted by Gasteiger charge is -2.03. The van der Waals surface area contributed by atoms with Crippen LogP contribution in [0.2, 0.25) is 0 Å². The Kier molecular flexibility index (Phi) is 3.18. The molecule has 0 aliphatic heterocycles. The highest BCUT2D eigenvalue weighted by molar-refractivity contribution is 5.82. The Hall–Kier alpha value is -1.18. The fourth-order valence-electron chi connectivity index (χ4n) is 1.19. The second-order valence-electron chi connectivity index (χ2n) is 3.19. The smallest absolute Gasteiger partial charge is 0.123 e. The molecule has 0 saturated heterocycles. The van der Waals surface area contributed by atoms with Gasteiger partial charge in [0.15, 0.2) is 0 Å². The predicted octanol–water partition coefficient (Wildman–Crippen LogP) is 3.50. The van der Waals surface area contributed by atoms with E-state index in [0.717, 1.165) is 23.4 Å². The van der Waals surface area contributed by atoms with E-state index in [2.05, 4.69) is 4.99 Å². The number of hydrogen-bond acceptors (Lipinski definition) is 1. The van der Waals surface area contributed by atoms with E-state index in [4.69, 9.17) is 0 Å². The van der Waals surface area contributed by atoms with Crippen LogP contribution in [0.1, 0.15) is 26.3 Å². The Morgan fingerprint density at radius 2 is 2.08 bits per heavy atom. The van der Waals surface area contributed by atoms with Crippen molar-refractivity contribution in [2.45, 2.75) is 27.2 Å². The van der Waals surface area contributed by atoms with Gasteiger partial charge in [-0.2, -0.15) is 0 Å². The van der Waals surface area contributed by atoms with Gasteiger partial charge in [-0.25, -0.2) is 4.39 Å². The first-order valence-electron chi connectivity index (χ1n) is 4.43. The summed E-state index contributed by atoms with van der Waals surface area (Å²) < 4.78 is 12.8. The van der Waals surface area contributed by atoms with Gasteiger partial charge in [-0.15, -0.1) is 0 Å². The fourth-order valence-corrected chi connectivity index (χ4v) is 1.19. The van der Waals surface area contributed by atoms with Crippen molar-refractivity contribution in [3.05, 3.63) is 29.6 Å². The number of benzene rings is 1. The number of aryl methyl sites for hydroxylation is 1. The van der Waals surface area contributed by atoms with Crippen LogP contribution in [0, 0.1) is 5.82 Å². The molecule has 1 aromatic carbocycles. The van der Waals surface area contributed by atoms with E-state index in [1.807, 2.05) is 20.8 Å². The van der Waals surface area contributed by atoms with E-state index in [0.29, 0.717) is 0 Å². The van der Waals surface area contributed by atoms with Crippen molar-refractivity contribution in [3.63, 3.8) is 0 Å². The molecule has 0 fully saturated rings. The molecule has 0 unspecified atom stereocenters. The molecule has 0 amide bonds. The van der Waals surface area contributed by atoms with Crippen molar-refractivity contribution in [3.8, 4) is 0 Å². The summed E-state index contributed by atoms with van der Waals surface area (Å²) >= 11 is 0. The van der Waals surface area contributed by atoms with Gasteiger partial charge in [0.25, 0.3) is 0 Å². The Labute approximate surface area is 78.3 Å². The third-order valence-electron chi connectivity index (χ3n) is 1.77. The quantitative estimate of drug-likeness (QED) is 0.616. The highest BCUT2D eigenvalue weighted by atomic mass is 19.1. The molecule has 13 heavy (non-hydrogen) atoms. The molecule has 1 aromatic rings. The summed E-state index contributed by atoms with van der Waals surface area (Å²) in [5.74, 6) is -0.190. The molecule has 70 valence electrons. The predicted molar refractivity (Wildman–Crippen MR) is 54.2 cm³/mol. The Morgan fingerprint density at radius 3 is 2.62 bits per heavy atom. The van der Waals surface area contributed by atoms with Crippen LogP contribution < -0.4 is 0 Å². The van der Waals surface area contributed by atoms with Crippen LogP contribution in [-0.2, 0) is 6.42 Å². The highest BCUT2D eigenvalue weighted by Gasteiger charge is 2.00. The molecule has 0 aliphatic carbocycles. The zero-order chi connectivity index (χ0) is 9.84. The second kappa shape index (κ2) is 4.17. The maximum atomic E-state index is 12.8. The van der Waals surface area contributed by atoms with Crippen LogP contribution in [-0.4, -0.2) is 5.71 Å². The van der Waals surface area contributed by atoms with E-state index in [1.54, 1.807) is 12.1 Å². The first-order valence-corrected chi connectivity index (χ1v) is 4.43. The number of halogens is 1. The summed E-state index contributed by atoms with van der Waals surface area (Å²) in [5.41, 5.74) is 2.83. The first kappa shape index (κ1) is 9.90. The molecule has 0 saturated carbocycles. The maximum absolute atomic E-state index is 12.8. The van der Waals surface area contributed by atoms with E-state index < -0.39 is 0 Å². The fraction of sp³-hybridized carbons (Fsp3) is 0.364. The van der Waals surface area contributed by atoms with E-state index in [9.17, 15) is 4.39 Å². The van der Waals surface area contributed by atoms with Gasteiger partial charge in [-0.3, -0.25) is 4.99 Å². The maximum Gasteiger partial charge on any atom is 0.123 e. The summed E-state index contributed by atoms with van der Waals surface area (Å²) in [6, 6.07) is 4.71. The summed E-state index contributed by atoms with van der Waals surface area (Å²) in [4.78, 5) is 4.32. The molecular formula is C11H14FN. The van der Waals surface area contributed by atoms with Gasteiger partial charge in [0, 0.05) is 5.71 Å². The van der Waals surface area contributed by atoms with Crippen molar-refractivity contribution in [2.24, 2.45) is 4.99 Å². The zero-order valence-corrected chi connectivity index (χ0v) is 8.26. The van der Waals surface area contributed by atoms with Gasteiger partial charge >= 0.3 is 0 Å². The van der Waals surface area contributed by atoms with Crippen molar-refractivity contribution in [2.75, 3.05) is 0 Å². The molecule has 1 nitrogen and oxygen atoms in total. The Bertz CT molecular complexity index is 325. The minimum atomic E-state index is -0.190. The number of hydrogen-bond donors (Lipinski definition) is 0. The van der Waals surface area contributed by atoms with Gasteiger partial charge < -0.3 is 0 Å². The van der Waals surface area contributed by atoms with Crippen molar-refractivity contribution in [1.29, 1.82) is 0 Å². The van der Waals surface area contributed by atoms with Crippen molar-refractivity contribution < 1.29 is 4.39 Å². The summed E-state index contributed by atoms with van der Waals surface area (Å²) in [5, 5.41) is 0. The van der Waals surface area contributed by atoms with Gasteiger partial charge in [-0.05, 0) is 44.0 Å². The average molecular weight is 179 g/mol. The molecule has 0 aromatic heterocycles. The van der Waals surface area contributed by atoms with Gasteiger partial charge in [0.2, 0.25) is 0 Å².